The zero-order valence-corrected chi connectivity index (χ0v) is 20.7. The molecule has 1 N–H and O–H groups in total. The van der Waals surface area contributed by atoms with E-state index in [9.17, 15) is 4.79 Å². The number of nitrogens with zero attached hydrogens (tertiary/aromatic N) is 5. The van der Waals surface area contributed by atoms with Gasteiger partial charge in [-0.05, 0) is 67.5 Å². The van der Waals surface area contributed by atoms with Gasteiger partial charge in [0, 0.05) is 48.4 Å². The lowest BCUT2D eigenvalue weighted by molar-refractivity contribution is -0.139. The third-order valence-electron chi connectivity index (χ3n) is 8.24. The van der Waals surface area contributed by atoms with Crippen LogP contribution in [0.1, 0.15) is 47.3 Å². The molecule has 0 saturated carbocycles. The monoisotopic (exact) mass is 486 g/mol. The van der Waals surface area contributed by atoms with E-state index in [-0.39, 0.29) is 5.92 Å². The fraction of sp³-hybridized carbons (Fsp3) is 0.481. The highest BCUT2D eigenvalue weighted by Gasteiger charge is 2.36. The van der Waals surface area contributed by atoms with Gasteiger partial charge in [-0.1, -0.05) is 12.5 Å². The molecule has 7 nitrogen and oxygen atoms in total. The maximum Gasteiger partial charge on any atom is 0.226 e. The Kier molecular flexibility index (Phi) is 5.31. The first kappa shape index (κ1) is 21.4. The lowest BCUT2D eigenvalue weighted by Crippen LogP contribution is -2.57. The summed E-state index contributed by atoms with van der Waals surface area (Å²) in [6.07, 6.45) is 10.1. The molecule has 7 rings (SSSR count). The van der Waals surface area contributed by atoms with Crippen molar-refractivity contribution in [2.45, 2.75) is 51.1 Å². The largest absolute Gasteiger partial charge is 0.340 e. The van der Waals surface area contributed by atoms with Crippen molar-refractivity contribution >= 4 is 45.2 Å². The van der Waals surface area contributed by atoms with Crippen molar-refractivity contribution in [2.24, 2.45) is 10.9 Å². The number of nitrogens with one attached hydrogen (secondary N) is 1. The Labute approximate surface area is 209 Å². The van der Waals surface area contributed by atoms with E-state index < -0.39 is 0 Å². The molecule has 2 fully saturated rings. The molecule has 8 heteroatoms. The molecule has 2 saturated heterocycles. The number of aromatic nitrogens is 2. The summed E-state index contributed by atoms with van der Waals surface area (Å²) >= 11 is 1.74. The van der Waals surface area contributed by atoms with Gasteiger partial charge in [0.25, 0.3) is 0 Å². The topological polar surface area (TPSA) is 73.7 Å². The third kappa shape index (κ3) is 3.83. The maximum atomic E-state index is 13.5. The van der Waals surface area contributed by atoms with Gasteiger partial charge in [0.05, 0.1) is 11.9 Å². The first-order valence-electron chi connectivity index (χ1n) is 12.9. The number of piperidine rings is 1. The predicted octanol–water partition coefficient (Wildman–Crippen LogP) is 4.17. The molecule has 1 amide bonds. The van der Waals surface area contributed by atoms with Crippen LogP contribution in [0.4, 0.5) is 11.5 Å². The number of aryl methyl sites for hydroxylation is 1. The molecule has 0 bridgehead atoms. The summed E-state index contributed by atoms with van der Waals surface area (Å²) in [5, 5.41) is 4.67. The number of fused-ring (bicyclic) bond motifs is 5. The van der Waals surface area contributed by atoms with E-state index in [1.54, 1.807) is 17.7 Å². The van der Waals surface area contributed by atoms with Gasteiger partial charge in [0.2, 0.25) is 5.91 Å². The minimum Gasteiger partial charge on any atom is -0.340 e. The van der Waals surface area contributed by atoms with Gasteiger partial charge in [-0.15, -0.1) is 11.3 Å². The van der Waals surface area contributed by atoms with Crippen LogP contribution in [0, 0.1) is 5.92 Å². The molecule has 0 spiro atoms. The van der Waals surface area contributed by atoms with E-state index in [1.165, 1.54) is 47.4 Å². The Hall–Kier alpha value is -2.84. The summed E-state index contributed by atoms with van der Waals surface area (Å²) in [4.78, 5) is 34.2. The molecule has 2 aromatic heterocycles. The van der Waals surface area contributed by atoms with E-state index in [2.05, 4.69) is 48.3 Å². The van der Waals surface area contributed by atoms with E-state index in [0.29, 0.717) is 11.9 Å². The summed E-state index contributed by atoms with van der Waals surface area (Å²) in [6.45, 7) is 4.81. The van der Waals surface area contributed by atoms with E-state index in [0.717, 1.165) is 67.2 Å². The van der Waals surface area contributed by atoms with Crippen LogP contribution in [0.5, 0.6) is 0 Å². The van der Waals surface area contributed by atoms with Crippen LogP contribution in [-0.4, -0.2) is 64.1 Å². The van der Waals surface area contributed by atoms with E-state index in [1.807, 2.05) is 6.21 Å². The number of carbonyl (C=O) groups excluding carboxylic acids is 1. The highest BCUT2D eigenvalue weighted by atomic mass is 32.1. The summed E-state index contributed by atoms with van der Waals surface area (Å²) in [5.41, 5.74) is 4.78. The first-order valence-corrected chi connectivity index (χ1v) is 13.7. The molecule has 0 radical (unpaired) electrons. The molecule has 35 heavy (non-hydrogen) atoms. The molecule has 4 aliphatic rings. The van der Waals surface area contributed by atoms with Gasteiger partial charge in [-0.3, -0.25) is 14.7 Å². The second kappa shape index (κ2) is 8.68. The molecule has 1 aromatic carbocycles. The maximum absolute atomic E-state index is 13.5. The Morgan fingerprint density at radius 1 is 1.11 bits per heavy atom. The summed E-state index contributed by atoms with van der Waals surface area (Å²) < 4.78 is 0. The Bertz CT molecular complexity index is 1330. The number of piperazine rings is 1. The normalized spacial score (nSPS) is 23.7. The summed E-state index contributed by atoms with van der Waals surface area (Å²) in [5.74, 6) is 1.31. The van der Waals surface area contributed by atoms with Gasteiger partial charge in [0.1, 0.15) is 17.0 Å². The number of carbonyl (C=O) groups is 1. The molecule has 5 heterocycles. The Morgan fingerprint density at radius 2 is 2.09 bits per heavy atom. The van der Waals surface area contributed by atoms with Crippen LogP contribution in [-0.2, 0) is 24.2 Å². The van der Waals surface area contributed by atoms with Crippen LogP contribution in [0.3, 0.4) is 0 Å². The van der Waals surface area contributed by atoms with Crippen molar-refractivity contribution in [3.8, 4) is 0 Å². The average Bonchev–Trinajstić information content (AvgIpc) is 3.52. The van der Waals surface area contributed by atoms with E-state index >= 15 is 0 Å². The van der Waals surface area contributed by atoms with Crippen molar-refractivity contribution < 1.29 is 4.79 Å². The Morgan fingerprint density at radius 3 is 3.06 bits per heavy atom. The zero-order chi connectivity index (χ0) is 23.4. The number of amides is 1. The summed E-state index contributed by atoms with van der Waals surface area (Å²) in [6, 6.07) is 6.94. The number of anilines is 2. The third-order valence-corrected chi connectivity index (χ3v) is 9.41. The van der Waals surface area contributed by atoms with Gasteiger partial charge in [-0.25, -0.2) is 9.97 Å². The van der Waals surface area contributed by atoms with Crippen molar-refractivity contribution in [2.75, 3.05) is 31.5 Å². The number of rotatable bonds is 3. The van der Waals surface area contributed by atoms with Crippen LogP contribution >= 0.6 is 11.3 Å². The van der Waals surface area contributed by atoms with Gasteiger partial charge >= 0.3 is 0 Å². The van der Waals surface area contributed by atoms with Crippen LogP contribution in [0.2, 0.25) is 0 Å². The molecule has 1 aliphatic carbocycles. The molecule has 3 aliphatic heterocycles. The smallest absolute Gasteiger partial charge is 0.226 e. The fourth-order valence-electron chi connectivity index (χ4n) is 6.35. The molecular weight excluding hydrogens is 456 g/mol. The second-order valence-electron chi connectivity index (χ2n) is 10.3. The number of hydrogen-bond acceptors (Lipinski definition) is 7. The second-order valence-corrected chi connectivity index (χ2v) is 11.4. The first-order chi connectivity index (χ1) is 17.2. The van der Waals surface area contributed by atoms with Crippen molar-refractivity contribution in [3.63, 3.8) is 0 Å². The minimum atomic E-state index is 0.0890. The number of aliphatic imine (C=N–C) groups is 1. The highest BCUT2D eigenvalue weighted by molar-refractivity contribution is 7.19. The van der Waals surface area contributed by atoms with Gasteiger partial charge < -0.3 is 10.2 Å². The number of benzene rings is 1. The quantitative estimate of drug-likeness (QED) is 0.602. The van der Waals surface area contributed by atoms with Crippen LogP contribution in [0.25, 0.3) is 10.2 Å². The van der Waals surface area contributed by atoms with E-state index in [4.69, 9.17) is 0 Å². The number of hydrogen-bond donors (Lipinski definition) is 1. The van der Waals surface area contributed by atoms with Crippen molar-refractivity contribution in [1.82, 2.24) is 19.8 Å². The molecule has 180 valence electrons. The standard InChI is InChI=1S/C27H30N6OS/c34-27(33-10-9-32-8-2-1-3-21(32)15-33)17-5-7-22-23(12-17)35-26-24(22)25(29-16-30-26)31-20-6-4-18-13-28-14-19(18)11-20/h4,6,11,14,16-17,21H,1-3,5,7-10,12-13,15H2,(H,29,30,31). The lowest BCUT2D eigenvalue weighted by Gasteiger charge is -2.45. The van der Waals surface area contributed by atoms with Crippen molar-refractivity contribution in [3.05, 3.63) is 46.1 Å². The predicted molar refractivity (Wildman–Crippen MR) is 140 cm³/mol. The average molecular weight is 487 g/mol. The van der Waals surface area contributed by atoms with Gasteiger partial charge in [0.15, 0.2) is 0 Å². The fourth-order valence-corrected chi connectivity index (χ4v) is 7.61. The molecule has 2 unspecified atom stereocenters. The highest BCUT2D eigenvalue weighted by Crippen LogP contribution is 2.41. The van der Waals surface area contributed by atoms with Crippen LogP contribution < -0.4 is 5.32 Å². The molecule has 3 aromatic rings. The minimum absolute atomic E-state index is 0.0890. The van der Waals surface area contributed by atoms with Crippen LogP contribution in [0.15, 0.2) is 29.5 Å². The molecule has 2 atom stereocenters. The Balaban J connectivity index is 1.12. The summed E-state index contributed by atoms with van der Waals surface area (Å²) in [7, 11) is 0. The number of thiophene rings is 1. The zero-order valence-electron chi connectivity index (χ0n) is 19.9. The van der Waals surface area contributed by atoms with Crippen molar-refractivity contribution in [1.29, 1.82) is 0 Å². The SMILES string of the molecule is O=C(C1CCc2c(sc3ncnc(Nc4ccc5c(c4)C=NC5)c23)C1)N1CCN2CCCCC2C1. The molecular formula is C27H30N6OS. The van der Waals surface area contributed by atoms with Gasteiger partial charge in [-0.2, -0.15) is 0 Å². The lowest BCUT2D eigenvalue weighted by atomic mass is 9.86.